The predicted octanol–water partition coefficient (Wildman–Crippen LogP) is 0.366. The molecular formula is C6H7N3. The molecule has 9 heavy (non-hydrogen) atoms. The average Bonchev–Trinajstić information content (AvgIpc) is 1.89. The second-order valence-corrected chi connectivity index (χ2v) is 1.80. The Kier molecular flexibility index (Phi) is 1.50. The van der Waals surface area contributed by atoms with E-state index in [2.05, 4.69) is 11.2 Å². The van der Waals surface area contributed by atoms with Crippen molar-refractivity contribution in [2.24, 2.45) is 5.10 Å². The van der Waals surface area contributed by atoms with Gasteiger partial charge in [0.2, 0.25) is 0 Å². The normalized spacial score (nSPS) is 24.0. The van der Waals surface area contributed by atoms with Crippen LogP contribution < -0.4 is 0 Å². The van der Waals surface area contributed by atoms with Gasteiger partial charge in [-0.2, -0.15) is 10.4 Å². The van der Waals surface area contributed by atoms with Crippen molar-refractivity contribution in [2.45, 2.75) is 6.04 Å². The number of allylic oxidation sites excluding steroid dienone is 1. The predicted molar refractivity (Wildman–Crippen MR) is 34.8 cm³/mol. The van der Waals surface area contributed by atoms with E-state index in [1.165, 1.54) is 0 Å². The molecule has 1 heterocycles. The van der Waals surface area contributed by atoms with Crippen molar-refractivity contribution in [3.8, 4) is 6.07 Å². The monoisotopic (exact) mass is 121 g/mol. The number of nitriles is 1. The lowest BCUT2D eigenvalue weighted by molar-refractivity contribution is 0.342. The molecule has 0 fully saturated rings. The smallest absolute Gasteiger partial charge is 0.151 e. The maximum absolute atomic E-state index is 8.44. The summed E-state index contributed by atoms with van der Waals surface area (Å²) in [6.45, 7) is 0. The van der Waals surface area contributed by atoms with Crippen LogP contribution in [0.25, 0.3) is 0 Å². The van der Waals surface area contributed by atoms with Crippen LogP contribution in [0.4, 0.5) is 0 Å². The van der Waals surface area contributed by atoms with Gasteiger partial charge in [0.15, 0.2) is 6.04 Å². The molecule has 0 bridgehead atoms. The van der Waals surface area contributed by atoms with Crippen molar-refractivity contribution in [2.75, 3.05) is 7.05 Å². The third-order valence-corrected chi connectivity index (χ3v) is 1.16. The number of nitrogens with zero attached hydrogens (tertiary/aromatic N) is 3. The SMILES string of the molecule is CN1N=CC=CC1C#N. The van der Waals surface area contributed by atoms with E-state index >= 15 is 0 Å². The minimum Gasteiger partial charge on any atom is -0.279 e. The van der Waals surface area contributed by atoms with Gasteiger partial charge in [0.1, 0.15) is 0 Å². The first kappa shape index (κ1) is 5.83. The van der Waals surface area contributed by atoms with Crippen molar-refractivity contribution >= 4 is 6.21 Å². The Morgan fingerprint density at radius 1 is 1.78 bits per heavy atom. The van der Waals surface area contributed by atoms with Crippen LogP contribution in [0, 0.1) is 11.3 Å². The topological polar surface area (TPSA) is 39.4 Å². The maximum atomic E-state index is 8.44. The Labute approximate surface area is 53.9 Å². The van der Waals surface area contributed by atoms with Crippen LogP contribution in [-0.4, -0.2) is 24.3 Å². The first-order chi connectivity index (χ1) is 4.34. The molecule has 0 N–H and O–H groups in total. The van der Waals surface area contributed by atoms with Crippen LogP contribution in [0.3, 0.4) is 0 Å². The second-order valence-electron chi connectivity index (χ2n) is 1.80. The quantitative estimate of drug-likeness (QED) is 0.464. The molecule has 0 aromatic carbocycles. The number of hydrazone groups is 1. The van der Waals surface area contributed by atoms with E-state index in [1.54, 1.807) is 30.4 Å². The van der Waals surface area contributed by atoms with Gasteiger partial charge in [-0.1, -0.05) is 0 Å². The van der Waals surface area contributed by atoms with Crippen molar-refractivity contribution in [3.05, 3.63) is 12.2 Å². The Morgan fingerprint density at radius 3 is 3.00 bits per heavy atom. The maximum Gasteiger partial charge on any atom is 0.151 e. The van der Waals surface area contributed by atoms with Gasteiger partial charge < -0.3 is 0 Å². The highest BCUT2D eigenvalue weighted by molar-refractivity contribution is 5.72. The Hall–Kier alpha value is -1.30. The lowest BCUT2D eigenvalue weighted by atomic mass is 10.3. The summed E-state index contributed by atoms with van der Waals surface area (Å²) in [5.41, 5.74) is 0. The van der Waals surface area contributed by atoms with Crippen molar-refractivity contribution in [1.29, 1.82) is 5.26 Å². The number of rotatable bonds is 0. The zero-order valence-corrected chi connectivity index (χ0v) is 5.15. The van der Waals surface area contributed by atoms with Crippen LogP contribution in [0.2, 0.25) is 0 Å². The lowest BCUT2D eigenvalue weighted by Crippen LogP contribution is -2.25. The largest absolute Gasteiger partial charge is 0.279 e. The number of hydrogen-bond acceptors (Lipinski definition) is 3. The molecule has 1 atom stereocenters. The van der Waals surface area contributed by atoms with Crippen LogP contribution in [0.15, 0.2) is 17.3 Å². The molecule has 1 unspecified atom stereocenters. The molecule has 1 aliphatic rings. The van der Waals surface area contributed by atoms with Crippen molar-refractivity contribution in [1.82, 2.24) is 5.01 Å². The summed E-state index contributed by atoms with van der Waals surface area (Å²) in [4.78, 5) is 0. The summed E-state index contributed by atoms with van der Waals surface area (Å²) in [7, 11) is 1.77. The molecule has 1 aliphatic heterocycles. The zero-order valence-electron chi connectivity index (χ0n) is 5.15. The Balaban J connectivity index is 2.68. The highest BCUT2D eigenvalue weighted by atomic mass is 15.4. The molecule has 0 aromatic rings. The van der Waals surface area contributed by atoms with Crippen LogP contribution in [0.1, 0.15) is 0 Å². The third-order valence-electron chi connectivity index (χ3n) is 1.16. The minimum atomic E-state index is -0.185. The van der Waals surface area contributed by atoms with Gasteiger partial charge in [-0.05, 0) is 12.2 Å². The third kappa shape index (κ3) is 1.08. The van der Waals surface area contributed by atoms with Crippen molar-refractivity contribution in [3.63, 3.8) is 0 Å². The van der Waals surface area contributed by atoms with E-state index < -0.39 is 0 Å². The summed E-state index contributed by atoms with van der Waals surface area (Å²) in [5, 5.41) is 13.9. The van der Waals surface area contributed by atoms with E-state index in [1.807, 2.05) is 0 Å². The lowest BCUT2D eigenvalue weighted by Gasteiger charge is -2.17. The van der Waals surface area contributed by atoms with Crippen molar-refractivity contribution < 1.29 is 0 Å². The molecule has 0 aromatic heterocycles. The molecule has 3 heteroatoms. The molecule has 0 aliphatic carbocycles. The highest BCUT2D eigenvalue weighted by Crippen LogP contribution is 2.00. The van der Waals surface area contributed by atoms with Gasteiger partial charge in [-0.15, -0.1) is 0 Å². The fraction of sp³-hybridized carbons (Fsp3) is 0.333. The standard InChI is InChI=1S/C6H7N3/c1-9-6(5-7)3-2-4-8-9/h2-4,6H,1H3. The van der Waals surface area contributed by atoms with E-state index in [4.69, 9.17) is 5.26 Å². The molecule has 0 amide bonds. The van der Waals surface area contributed by atoms with Gasteiger partial charge in [0, 0.05) is 13.3 Å². The van der Waals surface area contributed by atoms with E-state index in [0.717, 1.165) is 0 Å². The van der Waals surface area contributed by atoms with E-state index in [0.29, 0.717) is 0 Å². The molecular weight excluding hydrogens is 114 g/mol. The molecule has 0 saturated carbocycles. The summed E-state index contributed by atoms with van der Waals surface area (Å²) in [5.74, 6) is 0. The Morgan fingerprint density at radius 2 is 2.56 bits per heavy atom. The van der Waals surface area contributed by atoms with Gasteiger partial charge in [-0.3, -0.25) is 5.01 Å². The van der Waals surface area contributed by atoms with E-state index in [9.17, 15) is 0 Å². The molecule has 1 rings (SSSR count). The number of likely N-dealkylation sites (N-methyl/N-ethyl adjacent to an activating group) is 1. The zero-order chi connectivity index (χ0) is 6.69. The summed E-state index contributed by atoms with van der Waals surface area (Å²) in [6, 6.07) is 1.89. The summed E-state index contributed by atoms with van der Waals surface area (Å²) >= 11 is 0. The van der Waals surface area contributed by atoms with Gasteiger partial charge in [0.25, 0.3) is 0 Å². The Bertz CT molecular complexity index is 187. The first-order valence-electron chi connectivity index (χ1n) is 2.68. The van der Waals surface area contributed by atoms with Gasteiger partial charge in [-0.25, -0.2) is 0 Å². The number of hydrogen-bond donors (Lipinski definition) is 0. The second kappa shape index (κ2) is 2.31. The van der Waals surface area contributed by atoms with Gasteiger partial charge in [0.05, 0.1) is 6.07 Å². The van der Waals surface area contributed by atoms with Crippen LogP contribution >= 0.6 is 0 Å². The fourth-order valence-corrected chi connectivity index (χ4v) is 0.622. The average molecular weight is 121 g/mol. The minimum absolute atomic E-state index is 0.185. The summed E-state index contributed by atoms with van der Waals surface area (Å²) < 4.78 is 0. The van der Waals surface area contributed by atoms with Crippen LogP contribution in [-0.2, 0) is 0 Å². The van der Waals surface area contributed by atoms with Crippen LogP contribution in [0.5, 0.6) is 0 Å². The molecule has 46 valence electrons. The fourth-order valence-electron chi connectivity index (χ4n) is 0.622. The van der Waals surface area contributed by atoms with Gasteiger partial charge >= 0.3 is 0 Å². The highest BCUT2D eigenvalue weighted by Gasteiger charge is 2.07. The molecule has 3 nitrogen and oxygen atoms in total. The van der Waals surface area contributed by atoms with E-state index in [-0.39, 0.29) is 6.04 Å². The molecule has 0 saturated heterocycles. The molecule has 0 radical (unpaired) electrons. The molecule has 0 spiro atoms. The first-order valence-corrected chi connectivity index (χ1v) is 2.68. The summed E-state index contributed by atoms with van der Waals surface area (Å²) in [6.07, 6.45) is 5.23.